The van der Waals surface area contributed by atoms with Crippen LogP contribution in [0, 0.1) is 5.92 Å². The van der Waals surface area contributed by atoms with Crippen LogP contribution >= 0.6 is 0 Å². The van der Waals surface area contributed by atoms with E-state index in [1.807, 2.05) is 31.1 Å². The van der Waals surface area contributed by atoms with Crippen LogP contribution in [0.25, 0.3) is 11.5 Å². The molecule has 0 amide bonds. The second-order valence-electron chi connectivity index (χ2n) is 4.91. The number of hydrogen-bond donors (Lipinski definition) is 0. The van der Waals surface area contributed by atoms with E-state index in [0.29, 0.717) is 11.8 Å². The van der Waals surface area contributed by atoms with E-state index in [1.165, 1.54) is 0 Å². The van der Waals surface area contributed by atoms with Gasteiger partial charge in [0.15, 0.2) is 5.82 Å². The van der Waals surface area contributed by atoms with E-state index in [2.05, 4.69) is 29.0 Å². The summed E-state index contributed by atoms with van der Waals surface area (Å²) < 4.78 is 5.24. The third-order valence-electron chi connectivity index (χ3n) is 2.51. The van der Waals surface area contributed by atoms with Gasteiger partial charge in [-0.3, -0.25) is 0 Å². The van der Waals surface area contributed by atoms with Gasteiger partial charge in [0.05, 0.1) is 5.56 Å². The second kappa shape index (κ2) is 5.16. The van der Waals surface area contributed by atoms with Gasteiger partial charge in [-0.2, -0.15) is 4.98 Å². The Morgan fingerprint density at radius 2 is 2.06 bits per heavy atom. The van der Waals surface area contributed by atoms with Crippen molar-refractivity contribution >= 4 is 5.82 Å². The summed E-state index contributed by atoms with van der Waals surface area (Å²) in [7, 11) is 3.91. The molecule has 0 aliphatic rings. The highest BCUT2D eigenvalue weighted by molar-refractivity contribution is 5.54. The standard InChI is InChI=1S/C13H18N4O/c1-9(2)7-11-15-13(18-16-11)10-5-6-12(14-8-10)17(3)4/h5-6,8-9H,7H2,1-4H3. The molecule has 0 aliphatic carbocycles. The predicted octanol–water partition coefficient (Wildman–Crippen LogP) is 2.40. The molecule has 18 heavy (non-hydrogen) atoms. The molecule has 2 rings (SSSR count). The lowest BCUT2D eigenvalue weighted by Crippen LogP contribution is -2.09. The van der Waals surface area contributed by atoms with Crippen molar-refractivity contribution in [3.8, 4) is 11.5 Å². The number of aromatic nitrogens is 3. The Bertz CT molecular complexity index is 502. The molecule has 96 valence electrons. The summed E-state index contributed by atoms with van der Waals surface area (Å²) in [6.07, 6.45) is 2.58. The van der Waals surface area contributed by atoms with Crippen LogP contribution < -0.4 is 4.90 Å². The average Bonchev–Trinajstić information content (AvgIpc) is 2.76. The van der Waals surface area contributed by atoms with Gasteiger partial charge in [-0.05, 0) is 18.1 Å². The molecule has 0 bridgehead atoms. The van der Waals surface area contributed by atoms with Gasteiger partial charge in [0.2, 0.25) is 0 Å². The van der Waals surface area contributed by atoms with Crippen LogP contribution in [0.3, 0.4) is 0 Å². The molecule has 0 N–H and O–H groups in total. The van der Waals surface area contributed by atoms with E-state index in [1.54, 1.807) is 6.20 Å². The minimum atomic E-state index is 0.518. The number of anilines is 1. The van der Waals surface area contributed by atoms with Crippen molar-refractivity contribution in [2.75, 3.05) is 19.0 Å². The smallest absolute Gasteiger partial charge is 0.259 e. The fraction of sp³-hybridized carbons (Fsp3) is 0.462. The molecule has 0 unspecified atom stereocenters. The lowest BCUT2D eigenvalue weighted by Gasteiger charge is -2.10. The van der Waals surface area contributed by atoms with Gasteiger partial charge in [-0.15, -0.1) is 0 Å². The summed E-state index contributed by atoms with van der Waals surface area (Å²) in [4.78, 5) is 10.6. The summed E-state index contributed by atoms with van der Waals surface area (Å²) in [5.41, 5.74) is 0.850. The molecule has 0 saturated heterocycles. The lowest BCUT2D eigenvalue weighted by atomic mass is 10.1. The highest BCUT2D eigenvalue weighted by atomic mass is 16.5. The summed E-state index contributed by atoms with van der Waals surface area (Å²) in [5, 5.41) is 3.97. The predicted molar refractivity (Wildman–Crippen MR) is 70.4 cm³/mol. The van der Waals surface area contributed by atoms with Crippen LogP contribution in [-0.2, 0) is 6.42 Å². The molecule has 5 nitrogen and oxygen atoms in total. The Hall–Kier alpha value is -1.91. The summed E-state index contributed by atoms with van der Waals surface area (Å²) in [6.45, 7) is 4.26. The fourth-order valence-electron chi connectivity index (χ4n) is 1.60. The third kappa shape index (κ3) is 2.85. The average molecular weight is 246 g/mol. The van der Waals surface area contributed by atoms with Gasteiger partial charge in [0, 0.05) is 26.7 Å². The first-order valence-corrected chi connectivity index (χ1v) is 6.02. The van der Waals surface area contributed by atoms with Crippen LogP contribution in [0.15, 0.2) is 22.9 Å². The van der Waals surface area contributed by atoms with Gasteiger partial charge in [-0.1, -0.05) is 19.0 Å². The Morgan fingerprint density at radius 1 is 1.28 bits per heavy atom. The van der Waals surface area contributed by atoms with Crippen molar-refractivity contribution in [1.82, 2.24) is 15.1 Å². The highest BCUT2D eigenvalue weighted by Gasteiger charge is 2.10. The van der Waals surface area contributed by atoms with Gasteiger partial charge >= 0.3 is 0 Å². The molecule has 0 atom stereocenters. The maximum atomic E-state index is 5.24. The molecule has 2 aromatic rings. The van der Waals surface area contributed by atoms with Gasteiger partial charge in [0.25, 0.3) is 5.89 Å². The summed E-state index contributed by atoms with van der Waals surface area (Å²) >= 11 is 0. The van der Waals surface area contributed by atoms with Crippen molar-refractivity contribution < 1.29 is 4.52 Å². The summed E-state index contributed by atoms with van der Waals surface area (Å²) in [5.74, 6) is 2.70. The summed E-state index contributed by atoms with van der Waals surface area (Å²) in [6, 6.07) is 3.87. The largest absolute Gasteiger partial charge is 0.363 e. The molecular formula is C13H18N4O. The number of rotatable bonds is 4. The number of nitrogens with zero attached hydrogens (tertiary/aromatic N) is 4. The van der Waals surface area contributed by atoms with E-state index in [9.17, 15) is 0 Å². The molecule has 0 saturated carbocycles. The van der Waals surface area contributed by atoms with Crippen LogP contribution in [0.4, 0.5) is 5.82 Å². The Kier molecular flexibility index (Phi) is 3.60. The maximum absolute atomic E-state index is 5.24. The minimum absolute atomic E-state index is 0.518. The highest BCUT2D eigenvalue weighted by Crippen LogP contribution is 2.19. The van der Waals surface area contributed by atoms with Crippen molar-refractivity contribution in [1.29, 1.82) is 0 Å². The zero-order valence-electron chi connectivity index (χ0n) is 11.2. The molecule has 2 heterocycles. The molecular weight excluding hydrogens is 228 g/mol. The first-order chi connectivity index (χ1) is 8.56. The number of hydrogen-bond acceptors (Lipinski definition) is 5. The Morgan fingerprint density at radius 3 is 2.61 bits per heavy atom. The van der Waals surface area contributed by atoms with E-state index in [0.717, 1.165) is 23.6 Å². The fourth-order valence-corrected chi connectivity index (χ4v) is 1.60. The monoisotopic (exact) mass is 246 g/mol. The van der Waals surface area contributed by atoms with Crippen LogP contribution in [0.5, 0.6) is 0 Å². The Labute approximate surface area is 107 Å². The zero-order valence-corrected chi connectivity index (χ0v) is 11.2. The quantitative estimate of drug-likeness (QED) is 0.829. The SMILES string of the molecule is CC(C)Cc1noc(-c2ccc(N(C)C)nc2)n1. The van der Waals surface area contributed by atoms with E-state index >= 15 is 0 Å². The van der Waals surface area contributed by atoms with Crippen LogP contribution in [0.2, 0.25) is 0 Å². The third-order valence-corrected chi connectivity index (χ3v) is 2.51. The van der Waals surface area contributed by atoms with Gasteiger partial charge < -0.3 is 9.42 Å². The van der Waals surface area contributed by atoms with E-state index < -0.39 is 0 Å². The van der Waals surface area contributed by atoms with Gasteiger partial charge in [-0.25, -0.2) is 4.98 Å². The minimum Gasteiger partial charge on any atom is -0.363 e. The number of pyridine rings is 1. The zero-order chi connectivity index (χ0) is 13.1. The second-order valence-corrected chi connectivity index (χ2v) is 4.91. The molecule has 0 radical (unpaired) electrons. The van der Waals surface area contributed by atoms with Crippen molar-refractivity contribution in [3.05, 3.63) is 24.2 Å². The topological polar surface area (TPSA) is 55.1 Å². The first-order valence-electron chi connectivity index (χ1n) is 6.02. The molecule has 5 heteroatoms. The van der Waals surface area contributed by atoms with Crippen molar-refractivity contribution in [3.63, 3.8) is 0 Å². The molecule has 0 spiro atoms. The van der Waals surface area contributed by atoms with Gasteiger partial charge in [0.1, 0.15) is 5.82 Å². The molecule has 0 aromatic carbocycles. The van der Waals surface area contributed by atoms with Crippen LogP contribution in [0.1, 0.15) is 19.7 Å². The van der Waals surface area contributed by atoms with Crippen molar-refractivity contribution in [2.45, 2.75) is 20.3 Å². The Balaban J connectivity index is 2.18. The van der Waals surface area contributed by atoms with Crippen molar-refractivity contribution in [2.24, 2.45) is 5.92 Å². The molecule has 0 fully saturated rings. The van der Waals surface area contributed by atoms with E-state index in [4.69, 9.17) is 4.52 Å². The maximum Gasteiger partial charge on any atom is 0.259 e. The van der Waals surface area contributed by atoms with E-state index in [-0.39, 0.29) is 0 Å². The molecule has 0 aliphatic heterocycles. The molecule has 2 aromatic heterocycles. The normalized spacial score (nSPS) is 10.9. The van der Waals surface area contributed by atoms with Crippen LogP contribution in [-0.4, -0.2) is 29.2 Å². The lowest BCUT2D eigenvalue weighted by molar-refractivity contribution is 0.417. The first kappa shape index (κ1) is 12.5.